The van der Waals surface area contributed by atoms with Crippen molar-refractivity contribution in [1.29, 1.82) is 0 Å². The number of ether oxygens (including phenoxy) is 1. The second-order valence-corrected chi connectivity index (χ2v) is 8.51. The number of benzene rings is 2. The van der Waals surface area contributed by atoms with E-state index in [2.05, 4.69) is 0 Å². The van der Waals surface area contributed by atoms with E-state index in [0.29, 0.717) is 5.56 Å². The fraction of sp³-hybridized carbons (Fsp3) is 0.348. The fourth-order valence-electron chi connectivity index (χ4n) is 3.81. The molecule has 2 heterocycles. The van der Waals surface area contributed by atoms with Crippen molar-refractivity contribution in [2.75, 3.05) is 0 Å². The normalized spacial score (nSPS) is 17.6. The molecule has 0 amide bonds. The van der Waals surface area contributed by atoms with Gasteiger partial charge in [0.25, 0.3) is 0 Å². The van der Waals surface area contributed by atoms with Gasteiger partial charge in [0.15, 0.2) is 11.3 Å². The third kappa shape index (κ3) is 2.97. The summed E-state index contributed by atoms with van der Waals surface area (Å²) in [6.07, 6.45) is 1.30. The number of aliphatic hydroxyl groups is 1. The maximum Gasteiger partial charge on any atom is 0.204 e. The Bertz CT molecular complexity index is 1280. The van der Waals surface area contributed by atoms with E-state index in [4.69, 9.17) is 9.15 Å². The molecular weight excluding hydrogens is 388 g/mol. The Hall–Kier alpha value is -3.19. The molecule has 0 bridgehead atoms. The monoisotopic (exact) mass is 412 g/mol. The highest BCUT2D eigenvalue weighted by Gasteiger charge is 2.38. The highest BCUT2D eigenvalue weighted by molar-refractivity contribution is 5.99. The Labute approximate surface area is 172 Å². The van der Waals surface area contributed by atoms with Crippen molar-refractivity contribution in [2.45, 2.75) is 52.2 Å². The van der Waals surface area contributed by atoms with Gasteiger partial charge in [0.05, 0.1) is 11.5 Å². The zero-order valence-corrected chi connectivity index (χ0v) is 17.2. The maximum absolute atomic E-state index is 13.4. The summed E-state index contributed by atoms with van der Waals surface area (Å²) in [6.45, 7) is 7.21. The van der Waals surface area contributed by atoms with Crippen molar-refractivity contribution in [2.24, 2.45) is 0 Å². The van der Waals surface area contributed by atoms with Gasteiger partial charge in [0, 0.05) is 29.7 Å². The number of aliphatic hydroxyl groups excluding tert-OH is 1. The molecule has 1 atom stereocenters. The minimum atomic E-state index is -0.893. The van der Waals surface area contributed by atoms with Crippen LogP contribution in [-0.2, 0) is 12.8 Å². The molecule has 0 fully saturated rings. The lowest BCUT2D eigenvalue weighted by Gasteiger charge is -2.37. The summed E-state index contributed by atoms with van der Waals surface area (Å²) in [5.41, 5.74) is 0.0200. The molecule has 2 aromatic carbocycles. The predicted octanol–water partition coefficient (Wildman–Crippen LogP) is 3.65. The molecule has 0 saturated heterocycles. The topological polar surface area (TPSA) is 120 Å². The maximum atomic E-state index is 13.4. The number of aromatic hydroxyl groups is 3. The van der Waals surface area contributed by atoms with Crippen molar-refractivity contribution >= 4 is 21.9 Å². The number of allylic oxidation sites excluding steroid dienone is 2. The SMILES string of the molecule is CC(C)=CCc1c(O)cc2oc3c(O)cc4c(c3c(=O)c2c1O)CC(O)C(C)(C)O4. The molecule has 7 heteroatoms. The third-order valence-electron chi connectivity index (χ3n) is 5.63. The molecule has 1 aliphatic heterocycles. The van der Waals surface area contributed by atoms with Gasteiger partial charge in [-0.3, -0.25) is 4.79 Å². The van der Waals surface area contributed by atoms with Gasteiger partial charge in [-0.15, -0.1) is 0 Å². The first-order valence-corrected chi connectivity index (χ1v) is 9.71. The van der Waals surface area contributed by atoms with E-state index in [1.54, 1.807) is 13.8 Å². The van der Waals surface area contributed by atoms with Crippen molar-refractivity contribution in [3.8, 4) is 23.0 Å². The molecule has 1 aliphatic rings. The van der Waals surface area contributed by atoms with Crippen molar-refractivity contribution in [3.05, 3.63) is 45.1 Å². The van der Waals surface area contributed by atoms with Gasteiger partial charge in [-0.05, 0) is 34.1 Å². The molecule has 0 saturated carbocycles. The Kier molecular flexibility index (Phi) is 4.47. The minimum absolute atomic E-state index is 0.0428. The molecule has 4 N–H and O–H groups in total. The van der Waals surface area contributed by atoms with E-state index in [-0.39, 0.29) is 63.3 Å². The van der Waals surface area contributed by atoms with Crippen LogP contribution in [0.1, 0.15) is 38.8 Å². The zero-order chi connectivity index (χ0) is 22.0. The summed E-state index contributed by atoms with van der Waals surface area (Å²) in [6, 6.07) is 2.61. The average molecular weight is 412 g/mol. The molecule has 4 rings (SSSR count). The molecule has 0 radical (unpaired) electrons. The second kappa shape index (κ2) is 6.67. The third-order valence-corrected chi connectivity index (χ3v) is 5.63. The second-order valence-electron chi connectivity index (χ2n) is 8.51. The van der Waals surface area contributed by atoms with Gasteiger partial charge in [0.2, 0.25) is 5.43 Å². The van der Waals surface area contributed by atoms with E-state index in [1.807, 2.05) is 19.9 Å². The summed E-state index contributed by atoms with van der Waals surface area (Å²) in [4.78, 5) is 13.4. The molecule has 1 aromatic heterocycles. The Balaban J connectivity index is 2.09. The molecule has 3 aromatic rings. The first kappa shape index (κ1) is 20.1. The van der Waals surface area contributed by atoms with Gasteiger partial charge in [-0.25, -0.2) is 0 Å². The molecule has 0 aliphatic carbocycles. The van der Waals surface area contributed by atoms with Gasteiger partial charge in [0.1, 0.15) is 33.8 Å². The lowest BCUT2D eigenvalue weighted by Crippen LogP contribution is -2.46. The summed E-state index contributed by atoms with van der Waals surface area (Å²) in [5, 5.41) is 42.0. The molecule has 30 heavy (non-hydrogen) atoms. The Morgan fingerprint density at radius 2 is 1.87 bits per heavy atom. The van der Waals surface area contributed by atoms with Crippen molar-refractivity contribution < 1.29 is 29.6 Å². The molecule has 0 spiro atoms. The molecule has 7 nitrogen and oxygen atoms in total. The van der Waals surface area contributed by atoms with Crippen LogP contribution in [0.3, 0.4) is 0 Å². The molecule has 1 unspecified atom stereocenters. The number of phenols is 3. The summed E-state index contributed by atoms with van der Waals surface area (Å²) >= 11 is 0. The van der Waals surface area contributed by atoms with Gasteiger partial charge >= 0.3 is 0 Å². The summed E-state index contributed by atoms with van der Waals surface area (Å²) in [7, 11) is 0. The average Bonchev–Trinajstić information content (AvgIpc) is 2.62. The van der Waals surface area contributed by atoms with Crippen LogP contribution in [0.2, 0.25) is 0 Å². The first-order valence-electron chi connectivity index (χ1n) is 9.71. The Morgan fingerprint density at radius 1 is 1.17 bits per heavy atom. The van der Waals surface area contributed by atoms with E-state index >= 15 is 0 Å². The number of phenolic OH excluding ortho intramolecular Hbond substituents is 3. The summed E-state index contributed by atoms with van der Waals surface area (Å²) in [5.74, 6) is -0.599. The molecule has 158 valence electrons. The van der Waals surface area contributed by atoms with Gasteiger partial charge < -0.3 is 29.6 Å². The van der Waals surface area contributed by atoms with E-state index in [9.17, 15) is 25.2 Å². The van der Waals surface area contributed by atoms with Crippen LogP contribution in [-0.4, -0.2) is 32.1 Å². The lowest BCUT2D eigenvalue weighted by molar-refractivity contribution is -0.0408. The quantitative estimate of drug-likeness (QED) is 0.375. The van der Waals surface area contributed by atoms with E-state index < -0.39 is 17.1 Å². The predicted molar refractivity (Wildman–Crippen MR) is 113 cm³/mol. The number of rotatable bonds is 2. The number of hydrogen-bond donors (Lipinski definition) is 4. The Morgan fingerprint density at radius 3 is 2.53 bits per heavy atom. The highest BCUT2D eigenvalue weighted by atomic mass is 16.5. The van der Waals surface area contributed by atoms with Crippen molar-refractivity contribution in [3.63, 3.8) is 0 Å². The van der Waals surface area contributed by atoms with Crippen LogP contribution in [0.4, 0.5) is 0 Å². The number of fused-ring (bicyclic) bond motifs is 4. The zero-order valence-electron chi connectivity index (χ0n) is 17.2. The smallest absolute Gasteiger partial charge is 0.204 e. The number of hydrogen-bond acceptors (Lipinski definition) is 7. The minimum Gasteiger partial charge on any atom is -0.507 e. The van der Waals surface area contributed by atoms with Crippen LogP contribution in [0.15, 0.2) is 33.0 Å². The van der Waals surface area contributed by atoms with E-state index in [0.717, 1.165) is 5.57 Å². The van der Waals surface area contributed by atoms with Crippen LogP contribution in [0.5, 0.6) is 23.0 Å². The van der Waals surface area contributed by atoms with Gasteiger partial charge in [-0.2, -0.15) is 0 Å². The highest BCUT2D eigenvalue weighted by Crippen LogP contribution is 2.43. The van der Waals surface area contributed by atoms with Crippen molar-refractivity contribution in [1.82, 2.24) is 0 Å². The molecular formula is C23H24O7. The standard InChI is InChI=1S/C23H24O7/c1-10(2)5-6-11-13(24)8-16-19(20(11)27)21(28)18-12-7-17(26)23(3,4)30-15(12)9-14(25)22(18)29-16/h5,8-9,17,24-27H,6-7H2,1-4H3. The summed E-state index contributed by atoms with van der Waals surface area (Å²) < 4.78 is 11.6. The largest absolute Gasteiger partial charge is 0.507 e. The van der Waals surface area contributed by atoms with E-state index in [1.165, 1.54) is 12.1 Å². The van der Waals surface area contributed by atoms with Crippen LogP contribution in [0.25, 0.3) is 21.9 Å². The fourth-order valence-corrected chi connectivity index (χ4v) is 3.81. The van der Waals surface area contributed by atoms with Crippen LogP contribution < -0.4 is 10.2 Å². The lowest BCUT2D eigenvalue weighted by atomic mass is 9.88. The first-order chi connectivity index (χ1) is 14.0. The van der Waals surface area contributed by atoms with Gasteiger partial charge in [-0.1, -0.05) is 11.6 Å². The van der Waals surface area contributed by atoms with Crippen LogP contribution in [0, 0.1) is 0 Å². The van der Waals surface area contributed by atoms with Crippen LogP contribution >= 0.6 is 0 Å².